The number of benzene rings is 2. The van der Waals surface area contributed by atoms with Gasteiger partial charge in [0.1, 0.15) is 0 Å². The topological polar surface area (TPSA) is 54.0 Å². The SMILES string of the molecule is COc1cc(/C=C/C(=O)c2ccc3c(c2)OCO3)cc(Cl)c1OC. The quantitative estimate of drug-likeness (QED) is 0.605. The lowest BCUT2D eigenvalue weighted by Gasteiger charge is -2.10. The van der Waals surface area contributed by atoms with Crippen molar-refractivity contribution < 1.29 is 23.7 Å². The maximum Gasteiger partial charge on any atom is 0.231 e. The molecule has 1 heterocycles. The van der Waals surface area contributed by atoms with Gasteiger partial charge in [-0.15, -0.1) is 0 Å². The van der Waals surface area contributed by atoms with Crippen LogP contribution in [0, 0.1) is 0 Å². The van der Waals surface area contributed by atoms with E-state index in [2.05, 4.69) is 0 Å². The molecule has 0 unspecified atom stereocenters. The highest BCUT2D eigenvalue weighted by atomic mass is 35.5. The molecule has 2 aromatic carbocycles. The van der Waals surface area contributed by atoms with Crippen LogP contribution < -0.4 is 18.9 Å². The highest BCUT2D eigenvalue weighted by Gasteiger charge is 2.15. The van der Waals surface area contributed by atoms with Crippen LogP contribution in [0.15, 0.2) is 36.4 Å². The standard InChI is InChI=1S/C18H15ClO5/c1-21-17-8-11(7-13(19)18(17)22-2)3-5-14(20)12-4-6-15-16(9-12)24-10-23-15/h3-9H,10H2,1-2H3/b5-3+. The van der Waals surface area contributed by atoms with Gasteiger partial charge in [-0.1, -0.05) is 17.7 Å². The summed E-state index contributed by atoms with van der Waals surface area (Å²) in [6.07, 6.45) is 3.13. The van der Waals surface area contributed by atoms with Crippen LogP contribution in [-0.2, 0) is 0 Å². The summed E-state index contributed by atoms with van der Waals surface area (Å²) >= 11 is 6.16. The van der Waals surface area contributed by atoms with Gasteiger partial charge in [-0.25, -0.2) is 0 Å². The Hall–Kier alpha value is -2.66. The second kappa shape index (κ2) is 6.84. The van der Waals surface area contributed by atoms with Gasteiger partial charge in [0.15, 0.2) is 28.8 Å². The molecule has 0 N–H and O–H groups in total. The van der Waals surface area contributed by atoms with E-state index in [4.69, 9.17) is 30.5 Å². The van der Waals surface area contributed by atoms with E-state index < -0.39 is 0 Å². The Morgan fingerprint density at radius 3 is 2.67 bits per heavy atom. The monoisotopic (exact) mass is 346 g/mol. The Labute approximate surface area is 144 Å². The first-order chi connectivity index (χ1) is 11.6. The number of hydrogen-bond acceptors (Lipinski definition) is 5. The molecule has 0 amide bonds. The van der Waals surface area contributed by atoms with Gasteiger partial charge in [-0.3, -0.25) is 4.79 Å². The lowest BCUT2D eigenvalue weighted by Crippen LogP contribution is -1.95. The predicted octanol–water partition coefficient (Wildman–Crippen LogP) is 3.98. The molecule has 5 nitrogen and oxygen atoms in total. The van der Waals surface area contributed by atoms with Gasteiger partial charge in [-0.2, -0.15) is 0 Å². The fourth-order valence-electron chi connectivity index (χ4n) is 2.35. The molecule has 24 heavy (non-hydrogen) atoms. The number of ketones is 1. The highest BCUT2D eigenvalue weighted by Crippen LogP contribution is 2.36. The van der Waals surface area contributed by atoms with Crippen LogP contribution in [0.2, 0.25) is 5.02 Å². The second-order valence-corrected chi connectivity index (χ2v) is 5.41. The van der Waals surface area contributed by atoms with E-state index in [1.54, 1.807) is 36.4 Å². The first kappa shape index (κ1) is 16.2. The number of hydrogen-bond donors (Lipinski definition) is 0. The molecule has 0 atom stereocenters. The van der Waals surface area contributed by atoms with Gasteiger partial charge >= 0.3 is 0 Å². The summed E-state index contributed by atoms with van der Waals surface area (Å²) in [6.45, 7) is 0.174. The fourth-order valence-corrected chi connectivity index (χ4v) is 2.65. The minimum Gasteiger partial charge on any atom is -0.493 e. The lowest BCUT2D eigenvalue weighted by molar-refractivity contribution is 0.104. The zero-order chi connectivity index (χ0) is 17.1. The molecule has 3 rings (SSSR count). The molecule has 6 heteroatoms. The third-order valence-electron chi connectivity index (χ3n) is 3.54. The molecule has 1 aliphatic heterocycles. The second-order valence-electron chi connectivity index (χ2n) is 5.00. The maximum absolute atomic E-state index is 12.3. The van der Waals surface area contributed by atoms with Gasteiger partial charge in [0.2, 0.25) is 6.79 Å². The third kappa shape index (κ3) is 3.16. The van der Waals surface area contributed by atoms with Crippen molar-refractivity contribution in [1.29, 1.82) is 0 Å². The smallest absolute Gasteiger partial charge is 0.231 e. The number of methoxy groups -OCH3 is 2. The van der Waals surface area contributed by atoms with E-state index >= 15 is 0 Å². The third-order valence-corrected chi connectivity index (χ3v) is 3.82. The molecule has 0 radical (unpaired) electrons. The van der Waals surface area contributed by atoms with Gasteiger partial charge < -0.3 is 18.9 Å². The molecule has 0 saturated heterocycles. The van der Waals surface area contributed by atoms with Gasteiger partial charge in [0, 0.05) is 5.56 Å². The predicted molar refractivity (Wildman–Crippen MR) is 90.5 cm³/mol. The van der Waals surface area contributed by atoms with Crippen LogP contribution in [0.1, 0.15) is 15.9 Å². The van der Waals surface area contributed by atoms with Gasteiger partial charge in [-0.05, 0) is 42.0 Å². The minimum absolute atomic E-state index is 0.154. The van der Waals surface area contributed by atoms with Crippen molar-refractivity contribution in [3.63, 3.8) is 0 Å². The molecule has 2 aromatic rings. The average Bonchev–Trinajstić information content (AvgIpc) is 3.06. The molecular weight excluding hydrogens is 332 g/mol. The number of carbonyl (C=O) groups is 1. The minimum atomic E-state index is -0.154. The van der Waals surface area contributed by atoms with E-state index in [0.717, 1.165) is 5.56 Å². The summed E-state index contributed by atoms with van der Waals surface area (Å²) in [4.78, 5) is 12.3. The molecule has 0 saturated carbocycles. The number of carbonyl (C=O) groups excluding carboxylic acids is 1. The first-order valence-electron chi connectivity index (χ1n) is 7.16. The number of allylic oxidation sites excluding steroid dienone is 1. The number of fused-ring (bicyclic) bond motifs is 1. The zero-order valence-electron chi connectivity index (χ0n) is 13.2. The van der Waals surface area contributed by atoms with Crippen molar-refractivity contribution in [2.75, 3.05) is 21.0 Å². The van der Waals surface area contributed by atoms with Crippen molar-refractivity contribution in [1.82, 2.24) is 0 Å². The van der Waals surface area contributed by atoms with Crippen molar-refractivity contribution in [2.45, 2.75) is 0 Å². The van der Waals surface area contributed by atoms with E-state index in [1.165, 1.54) is 20.3 Å². The van der Waals surface area contributed by atoms with Crippen LogP contribution >= 0.6 is 11.6 Å². The van der Waals surface area contributed by atoms with Gasteiger partial charge in [0.05, 0.1) is 19.2 Å². The number of ether oxygens (including phenoxy) is 4. The summed E-state index contributed by atoms with van der Waals surface area (Å²) in [5.74, 6) is 2.02. The Morgan fingerprint density at radius 2 is 1.92 bits per heavy atom. The zero-order valence-corrected chi connectivity index (χ0v) is 13.9. The summed E-state index contributed by atoms with van der Waals surface area (Å²) in [5.41, 5.74) is 1.24. The van der Waals surface area contributed by atoms with Crippen LogP contribution in [0.5, 0.6) is 23.0 Å². The van der Waals surface area contributed by atoms with Crippen LogP contribution in [-0.4, -0.2) is 26.8 Å². The highest BCUT2D eigenvalue weighted by molar-refractivity contribution is 6.32. The van der Waals surface area contributed by atoms with Crippen molar-refractivity contribution in [2.24, 2.45) is 0 Å². The Morgan fingerprint density at radius 1 is 1.12 bits per heavy atom. The summed E-state index contributed by atoms with van der Waals surface area (Å²) < 4.78 is 20.9. The molecule has 1 aliphatic rings. The van der Waals surface area contributed by atoms with Crippen LogP contribution in [0.4, 0.5) is 0 Å². The summed E-state index contributed by atoms with van der Waals surface area (Å²) in [5, 5.41) is 0.409. The van der Waals surface area contributed by atoms with Crippen LogP contribution in [0.25, 0.3) is 6.08 Å². The Kier molecular flexibility index (Phi) is 4.62. The van der Waals surface area contributed by atoms with E-state index in [0.29, 0.717) is 33.6 Å². The summed E-state index contributed by atoms with van der Waals surface area (Å²) in [7, 11) is 3.04. The lowest BCUT2D eigenvalue weighted by atomic mass is 10.1. The molecule has 0 fully saturated rings. The van der Waals surface area contributed by atoms with Gasteiger partial charge in [0.25, 0.3) is 0 Å². The van der Waals surface area contributed by atoms with Crippen molar-refractivity contribution >= 4 is 23.5 Å². The normalized spacial score (nSPS) is 12.5. The molecule has 0 aliphatic carbocycles. The molecule has 0 bridgehead atoms. The largest absolute Gasteiger partial charge is 0.493 e. The molecule has 124 valence electrons. The summed E-state index contributed by atoms with van der Waals surface area (Å²) in [6, 6.07) is 8.52. The average molecular weight is 347 g/mol. The fraction of sp³-hybridized carbons (Fsp3) is 0.167. The molecule has 0 spiro atoms. The maximum atomic E-state index is 12.3. The number of halogens is 1. The Bertz CT molecular complexity index is 813. The van der Waals surface area contributed by atoms with Crippen LogP contribution in [0.3, 0.4) is 0 Å². The van der Waals surface area contributed by atoms with E-state index in [-0.39, 0.29) is 12.6 Å². The molecular formula is C18H15ClO5. The van der Waals surface area contributed by atoms with Crippen molar-refractivity contribution in [3.8, 4) is 23.0 Å². The molecule has 0 aromatic heterocycles. The number of rotatable bonds is 5. The van der Waals surface area contributed by atoms with E-state index in [9.17, 15) is 4.79 Å². The van der Waals surface area contributed by atoms with E-state index in [1.807, 2.05) is 0 Å². The first-order valence-corrected chi connectivity index (χ1v) is 7.53. The van der Waals surface area contributed by atoms with Crippen molar-refractivity contribution in [3.05, 3.63) is 52.6 Å². The Balaban J connectivity index is 1.83.